The Morgan fingerprint density at radius 2 is 1.91 bits per heavy atom. The van der Waals surface area contributed by atoms with Crippen molar-refractivity contribution in [3.63, 3.8) is 0 Å². The summed E-state index contributed by atoms with van der Waals surface area (Å²) in [6.07, 6.45) is 0.0997. The van der Waals surface area contributed by atoms with Crippen molar-refractivity contribution in [3.05, 3.63) is 63.6 Å². The Morgan fingerprint density at radius 1 is 1.18 bits per heavy atom. The Morgan fingerprint density at radius 3 is 2.56 bits per heavy atom. The molecule has 0 radical (unpaired) electrons. The largest absolute Gasteiger partial charge is 0.490 e. The quantitative estimate of drug-likeness (QED) is 0.444. The van der Waals surface area contributed by atoms with E-state index in [4.69, 9.17) is 15.2 Å². The van der Waals surface area contributed by atoms with Crippen LogP contribution >= 0.6 is 11.3 Å². The molecule has 0 saturated heterocycles. The number of nitrogens with two attached hydrogens (primary N) is 1. The summed E-state index contributed by atoms with van der Waals surface area (Å²) < 4.78 is 24.6. The fourth-order valence-electron chi connectivity index (χ4n) is 3.88. The maximum Gasteiger partial charge on any atom is 0.346 e. The molecule has 0 aliphatic carbocycles. The van der Waals surface area contributed by atoms with Crippen LogP contribution in [0.5, 0.6) is 11.5 Å². The van der Waals surface area contributed by atoms with Crippen molar-refractivity contribution in [1.29, 1.82) is 0 Å². The number of aromatic carboxylic acids is 1. The number of amides is 2. The SMILES string of the molecule is CCOc1cc([C@H]2CC(=O)Nc3c2sc(C(=O)O)c3-c2ccc(F)cc2)ccc1OCC(N)=O. The molecule has 0 saturated carbocycles. The van der Waals surface area contributed by atoms with Gasteiger partial charge in [0, 0.05) is 22.8 Å². The van der Waals surface area contributed by atoms with Gasteiger partial charge in [0.15, 0.2) is 18.1 Å². The molecule has 34 heavy (non-hydrogen) atoms. The van der Waals surface area contributed by atoms with E-state index in [-0.39, 0.29) is 23.8 Å². The Balaban J connectivity index is 1.82. The molecule has 1 aliphatic heterocycles. The lowest BCUT2D eigenvalue weighted by atomic mass is 9.88. The molecule has 4 N–H and O–H groups in total. The number of carbonyl (C=O) groups excluding carboxylic acids is 2. The number of carboxylic acid groups (broad SMARTS) is 1. The number of benzene rings is 2. The number of ether oxygens (including phenoxy) is 2. The molecule has 176 valence electrons. The molecule has 2 heterocycles. The fourth-order valence-corrected chi connectivity index (χ4v) is 5.12. The maximum absolute atomic E-state index is 13.5. The van der Waals surface area contributed by atoms with Crippen LogP contribution in [-0.4, -0.2) is 36.1 Å². The van der Waals surface area contributed by atoms with Gasteiger partial charge in [0.25, 0.3) is 5.91 Å². The summed E-state index contributed by atoms with van der Waals surface area (Å²) in [5.41, 5.74) is 7.12. The van der Waals surface area contributed by atoms with Gasteiger partial charge in [0.1, 0.15) is 10.7 Å². The van der Waals surface area contributed by atoms with Gasteiger partial charge in [-0.3, -0.25) is 9.59 Å². The number of thiophene rings is 1. The fraction of sp³-hybridized carbons (Fsp3) is 0.208. The summed E-state index contributed by atoms with van der Waals surface area (Å²) >= 11 is 1.07. The molecule has 0 fully saturated rings. The predicted molar refractivity (Wildman–Crippen MR) is 124 cm³/mol. The van der Waals surface area contributed by atoms with Gasteiger partial charge in [-0.1, -0.05) is 18.2 Å². The number of fused-ring (bicyclic) bond motifs is 1. The van der Waals surface area contributed by atoms with Gasteiger partial charge < -0.3 is 25.6 Å². The number of hydrogen-bond donors (Lipinski definition) is 3. The van der Waals surface area contributed by atoms with E-state index in [1.165, 1.54) is 24.3 Å². The molecule has 8 nitrogen and oxygen atoms in total. The second kappa shape index (κ2) is 9.52. The van der Waals surface area contributed by atoms with Gasteiger partial charge in [0.05, 0.1) is 12.3 Å². The first kappa shape index (κ1) is 23.2. The highest BCUT2D eigenvalue weighted by molar-refractivity contribution is 7.15. The van der Waals surface area contributed by atoms with E-state index < -0.39 is 23.6 Å². The van der Waals surface area contributed by atoms with Crippen molar-refractivity contribution in [2.24, 2.45) is 5.73 Å². The minimum absolute atomic E-state index is 0.0512. The lowest BCUT2D eigenvalue weighted by Crippen LogP contribution is -2.22. The smallest absolute Gasteiger partial charge is 0.346 e. The average Bonchev–Trinajstić information content (AvgIpc) is 3.18. The standard InChI is InChI=1S/C24H21FN2O6S/c1-2-32-17-9-13(5-8-16(17)33-11-18(26)28)15-10-19(29)27-21-20(12-3-6-14(25)7-4-12)23(24(30)31)34-22(15)21/h3-9,15H,2,10-11H2,1H3,(H2,26,28)(H,27,29)(H,30,31)/t15-/m1/s1. The molecule has 2 aromatic carbocycles. The molecule has 4 rings (SSSR count). The average molecular weight is 485 g/mol. The van der Waals surface area contributed by atoms with E-state index >= 15 is 0 Å². The first-order valence-electron chi connectivity index (χ1n) is 10.4. The van der Waals surface area contributed by atoms with E-state index in [9.17, 15) is 23.9 Å². The molecule has 1 aromatic heterocycles. The lowest BCUT2D eigenvalue weighted by molar-refractivity contribution is -0.120. The van der Waals surface area contributed by atoms with Crippen LogP contribution in [0.25, 0.3) is 11.1 Å². The molecular formula is C24H21FN2O6S. The number of carbonyl (C=O) groups is 3. The van der Waals surface area contributed by atoms with Crippen LogP contribution in [-0.2, 0) is 9.59 Å². The molecular weight excluding hydrogens is 463 g/mol. The first-order valence-corrected chi connectivity index (χ1v) is 11.2. The van der Waals surface area contributed by atoms with E-state index in [0.29, 0.717) is 39.8 Å². The third-order valence-corrected chi connectivity index (χ3v) is 6.56. The Kier molecular flexibility index (Phi) is 6.51. The van der Waals surface area contributed by atoms with Crippen molar-refractivity contribution in [2.75, 3.05) is 18.5 Å². The highest BCUT2D eigenvalue weighted by atomic mass is 32.1. The third kappa shape index (κ3) is 4.58. The van der Waals surface area contributed by atoms with Crippen molar-refractivity contribution in [3.8, 4) is 22.6 Å². The molecule has 0 bridgehead atoms. The van der Waals surface area contributed by atoms with Crippen LogP contribution in [0.1, 0.15) is 39.4 Å². The third-order valence-electron chi connectivity index (χ3n) is 5.27. The Labute approximate surface area is 198 Å². The summed E-state index contributed by atoms with van der Waals surface area (Å²) in [5.74, 6) is -2.23. The summed E-state index contributed by atoms with van der Waals surface area (Å²) in [5, 5.41) is 12.7. The monoisotopic (exact) mass is 484 g/mol. The van der Waals surface area contributed by atoms with Crippen molar-refractivity contribution in [2.45, 2.75) is 19.3 Å². The molecule has 1 aliphatic rings. The predicted octanol–water partition coefficient (Wildman–Crippen LogP) is 3.99. The minimum Gasteiger partial charge on any atom is -0.490 e. The van der Waals surface area contributed by atoms with Crippen LogP contribution < -0.4 is 20.5 Å². The highest BCUT2D eigenvalue weighted by Crippen LogP contribution is 2.50. The molecule has 0 spiro atoms. The van der Waals surface area contributed by atoms with Gasteiger partial charge in [-0.15, -0.1) is 11.3 Å². The zero-order valence-corrected chi connectivity index (χ0v) is 18.9. The zero-order valence-electron chi connectivity index (χ0n) is 18.1. The topological polar surface area (TPSA) is 128 Å². The maximum atomic E-state index is 13.5. The van der Waals surface area contributed by atoms with Crippen molar-refractivity contribution >= 4 is 34.8 Å². The number of anilines is 1. The second-order valence-electron chi connectivity index (χ2n) is 7.56. The van der Waals surface area contributed by atoms with Crippen LogP contribution in [0.3, 0.4) is 0 Å². The number of halogens is 1. The lowest BCUT2D eigenvalue weighted by Gasteiger charge is -2.24. The van der Waals surface area contributed by atoms with Gasteiger partial charge in [-0.25, -0.2) is 9.18 Å². The van der Waals surface area contributed by atoms with Crippen molar-refractivity contribution in [1.82, 2.24) is 0 Å². The molecule has 1 atom stereocenters. The Bertz CT molecular complexity index is 1270. The zero-order chi connectivity index (χ0) is 24.4. The Hall–Kier alpha value is -3.92. The second-order valence-corrected chi connectivity index (χ2v) is 8.61. The van der Waals surface area contributed by atoms with Crippen molar-refractivity contribution < 1.29 is 33.4 Å². The van der Waals surface area contributed by atoms with Crippen LogP contribution in [0, 0.1) is 5.82 Å². The van der Waals surface area contributed by atoms with Crippen LogP contribution in [0.15, 0.2) is 42.5 Å². The van der Waals surface area contributed by atoms with Gasteiger partial charge in [-0.2, -0.15) is 0 Å². The van der Waals surface area contributed by atoms with E-state index in [2.05, 4.69) is 5.32 Å². The number of rotatable bonds is 8. The van der Waals surface area contributed by atoms with E-state index in [1.54, 1.807) is 25.1 Å². The van der Waals surface area contributed by atoms with Gasteiger partial charge in [-0.05, 0) is 42.3 Å². The summed E-state index contributed by atoms with van der Waals surface area (Å²) in [4.78, 5) is 36.5. The first-order chi connectivity index (χ1) is 16.3. The number of carboxylic acids is 1. The summed E-state index contributed by atoms with van der Waals surface area (Å²) in [7, 11) is 0. The van der Waals surface area contributed by atoms with E-state index in [0.717, 1.165) is 16.9 Å². The molecule has 0 unspecified atom stereocenters. The normalized spacial score (nSPS) is 14.8. The van der Waals surface area contributed by atoms with Crippen LogP contribution in [0.4, 0.5) is 10.1 Å². The minimum atomic E-state index is -1.14. The van der Waals surface area contributed by atoms with E-state index in [1.807, 2.05) is 0 Å². The number of hydrogen-bond acceptors (Lipinski definition) is 6. The molecule has 3 aromatic rings. The highest BCUT2D eigenvalue weighted by Gasteiger charge is 2.35. The number of primary amides is 1. The van der Waals surface area contributed by atoms with Gasteiger partial charge in [0.2, 0.25) is 5.91 Å². The number of nitrogens with one attached hydrogen (secondary N) is 1. The summed E-state index contributed by atoms with van der Waals surface area (Å²) in [6.45, 7) is 1.82. The van der Waals surface area contributed by atoms with Gasteiger partial charge >= 0.3 is 5.97 Å². The molecule has 2 amide bonds. The summed E-state index contributed by atoms with van der Waals surface area (Å²) in [6, 6.07) is 10.5. The molecule has 10 heteroatoms. The van der Waals surface area contributed by atoms with Crippen LogP contribution in [0.2, 0.25) is 0 Å².